The van der Waals surface area contributed by atoms with Gasteiger partial charge in [-0.2, -0.15) is 4.98 Å². The van der Waals surface area contributed by atoms with Crippen LogP contribution in [0.5, 0.6) is 0 Å². The average Bonchev–Trinajstić information content (AvgIpc) is 3.08. The van der Waals surface area contributed by atoms with E-state index >= 15 is 0 Å². The largest absolute Gasteiger partial charge is 0.356 e. The topological polar surface area (TPSA) is 75.3 Å². The van der Waals surface area contributed by atoms with Crippen molar-refractivity contribution in [3.63, 3.8) is 0 Å². The second-order valence-electron chi connectivity index (χ2n) is 6.11. The van der Waals surface area contributed by atoms with Crippen LogP contribution in [0.15, 0.2) is 33.8 Å². The highest BCUT2D eigenvalue weighted by atomic mass is 19.1. The van der Waals surface area contributed by atoms with Crippen LogP contribution in [-0.2, 0) is 12.8 Å². The molecule has 0 atom stereocenters. The predicted octanol–water partition coefficient (Wildman–Crippen LogP) is 2.67. The van der Waals surface area contributed by atoms with Gasteiger partial charge in [-0.3, -0.25) is 4.99 Å². The van der Waals surface area contributed by atoms with Crippen molar-refractivity contribution in [3.05, 3.63) is 47.4 Å². The van der Waals surface area contributed by atoms with Crippen LogP contribution in [0.4, 0.5) is 4.39 Å². The Balaban J connectivity index is 1.63. The third-order valence-corrected chi connectivity index (χ3v) is 3.70. The molecule has 2 aromatic rings. The number of aryl methyl sites for hydroxylation is 1. The SMILES string of the molecule is CN=C(NCCCc1nc(C(C)C)no1)NCCc1ccc(F)cc1. The minimum atomic E-state index is -0.212. The Morgan fingerprint density at radius 1 is 1.16 bits per heavy atom. The highest BCUT2D eigenvalue weighted by molar-refractivity contribution is 5.79. The van der Waals surface area contributed by atoms with E-state index in [1.165, 1.54) is 12.1 Å². The summed E-state index contributed by atoms with van der Waals surface area (Å²) in [6, 6.07) is 6.54. The standard InChI is InChI=1S/C18H26FN5O/c1-13(2)17-23-16(25-24-17)5-4-11-21-18(20-3)22-12-10-14-6-8-15(19)9-7-14/h6-9,13H,4-5,10-12H2,1-3H3,(H2,20,21,22). The molecule has 0 saturated heterocycles. The number of aliphatic imine (C=N–C) groups is 1. The molecule has 0 saturated carbocycles. The summed E-state index contributed by atoms with van der Waals surface area (Å²) in [5.41, 5.74) is 1.08. The van der Waals surface area contributed by atoms with Crippen molar-refractivity contribution in [2.75, 3.05) is 20.1 Å². The second kappa shape index (κ2) is 9.76. The number of nitrogens with one attached hydrogen (secondary N) is 2. The molecule has 0 amide bonds. The fourth-order valence-electron chi connectivity index (χ4n) is 2.25. The van der Waals surface area contributed by atoms with Crippen LogP contribution in [0.25, 0.3) is 0 Å². The van der Waals surface area contributed by atoms with E-state index < -0.39 is 0 Å². The maximum absolute atomic E-state index is 12.9. The molecule has 0 aliphatic carbocycles. The maximum atomic E-state index is 12.9. The van der Waals surface area contributed by atoms with Gasteiger partial charge in [0.2, 0.25) is 5.89 Å². The summed E-state index contributed by atoms with van der Waals surface area (Å²) in [7, 11) is 1.74. The van der Waals surface area contributed by atoms with Gasteiger partial charge in [0.15, 0.2) is 11.8 Å². The molecule has 25 heavy (non-hydrogen) atoms. The molecule has 6 nitrogen and oxygen atoms in total. The summed E-state index contributed by atoms with van der Waals surface area (Å²) >= 11 is 0. The molecule has 0 unspecified atom stereocenters. The molecule has 1 aromatic heterocycles. The van der Waals surface area contributed by atoms with Crippen molar-refractivity contribution in [2.45, 2.75) is 39.0 Å². The van der Waals surface area contributed by atoms with E-state index in [1.807, 2.05) is 13.8 Å². The molecular formula is C18H26FN5O. The third kappa shape index (κ3) is 6.52. The van der Waals surface area contributed by atoms with E-state index in [0.29, 0.717) is 5.89 Å². The number of rotatable bonds is 8. The normalized spacial score (nSPS) is 11.8. The molecule has 0 fully saturated rings. The molecule has 2 N–H and O–H groups in total. The quantitative estimate of drug-likeness (QED) is 0.436. The Bertz CT molecular complexity index is 666. The molecule has 0 spiro atoms. The molecule has 2 rings (SSSR count). The van der Waals surface area contributed by atoms with Crippen LogP contribution < -0.4 is 10.6 Å². The van der Waals surface area contributed by atoms with Crippen molar-refractivity contribution >= 4 is 5.96 Å². The summed E-state index contributed by atoms with van der Waals surface area (Å²) in [6.45, 7) is 5.57. The van der Waals surface area contributed by atoms with E-state index in [9.17, 15) is 4.39 Å². The maximum Gasteiger partial charge on any atom is 0.226 e. The number of halogens is 1. The van der Waals surface area contributed by atoms with Gasteiger partial charge in [-0.25, -0.2) is 4.39 Å². The van der Waals surface area contributed by atoms with Crippen LogP contribution >= 0.6 is 0 Å². The van der Waals surface area contributed by atoms with E-state index in [1.54, 1.807) is 19.2 Å². The molecule has 0 aliphatic rings. The van der Waals surface area contributed by atoms with Gasteiger partial charge in [-0.05, 0) is 30.5 Å². The van der Waals surface area contributed by atoms with Crippen LogP contribution in [-0.4, -0.2) is 36.2 Å². The summed E-state index contributed by atoms with van der Waals surface area (Å²) in [5.74, 6) is 2.23. The van der Waals surface area contributed by atoms with Crippen LogP contribution in [0.3, 0.4) is 0 Å². The first kappa shape index (κ1) is 18.9. The zero-order chi connectivity index (χ0) is 18.1. The highest BCUT2D eigenvalue weighted by Gasteiger charge is 2.09. The molecule has 1 aromatic carbocycles. The van der Waals surface area contributed by atoms with E-state index in [4.69, 9.17) is 4.52 Å². The molecular weight excluding hydrogens is 321 g/mol. The lowest BCUT2D eigenvalue weighted by molar-refractivity contribution is 0.368. The summed E-state index contributed by atoms with van der Waals surface area (Å²) in [6.07, 6.45) is 2.42. The van der Waals surface area contributed by atoms with Crippen molar-refractivity contribution in [2.24, 2.45) is 4.99 Å². The van der Waals surface area contributed by atoms with E-state index in [-0.39, 0.29) is 11.7 Å². The lowest BCUT2D eigenvalue weighted by atomic mass is 10.1. The van der Waals surface area contributed by atoms with Crippen molar-refractivity contribution < 1.29 is 8.91 Å². The molecule has 0 radical (unpaired) electrons. The zero-order valence-electron chi connectivity index (χ0n) is 15.1. The predicted molar refractivity (Wildman–Crippen MR) is 96.2 cm³/mol. The minimum Gasteiger partial charge on any atom is -0.356 e. The fourth-order valence-corrected chi connectivity index (χ4v) is 2.25. The van der Waals surface area contributed by atoms with Gasteiger partial charge in [0.05, 0.1) is 0 Å². The lowest BCUT2D eigenvalue weighted by Gasteiger charge is -2.11. The first-order valence-electron chi connectivity index (χ1n) is 8.60. The van der Waals surface area contributed by atoms with Gasteiger partial charge in [0, 0.05) is 32.5 Å². The van der Waals surface area contributed by atoms with Gasteiger partial charge in [-0.1, -0.05) is 31.1 Å². The number of guanidine groups is 1. The molecule has 136 valence electrons. The zero-order valence-corrected chi connectivity index (χ0v) is 15.1. The molecule has 0 aliphatic heterocycles. The number of hydrogen-bond acceptors (Lipinski definition) is 4. The number of aromatic nitrogens is 2. The summed E-state index contributed by atoms with van der Waals surface area (Å²) < 4.78 is 18.1. The van der Waals surface area contributed by atoms with Crippen LogP contribution in [0, 0.1) is 5.82 Å². The number of nitrogens with zero attached hydrogens (tertiary/aromatic N) is 3. The highest BCUT2D eigenvalue weighted by Crippen LogP contribution is 2.10. The molecule has 7 heteroatoms. The Kier molecular flexibility index (Phi) is 7.37. The third-order valence-electron chi connectivity index (χ3n) is 3.70. The Morgan fingerprint density at radius 3 is 2.52 bits per heavy atom. The second-order valence-corrected chi connectivity index (χ2v) is 6.11. The first-order valence-corrected chi connectivity index (χ1v) is 8.60. The van der Waals surface area contributed by atoms with Crippen molar-refractivity contribution in [3.8, 4) is 0 Å². The van der Waals surface area contributed by atoms with E-state index in [0.717, 1.165) is 49.7 Å². The van der Waals surface area contributed by atoms with E-state index in [2.05, 4.69) is 25.8 Å². The Hall–Kier alpha value is -2.44. The van der Waals surface area contributed by atoms with Crippen molar-refractivity contribution in [1.29, 1.82) is 0 Å². The monoisotopic (exact) mass is 347 g/mol. The summed E-state index contributed by atoms with van der Waals surface area (Å²) in [4.78, 5) is 8.55. The average molecular weight is 347 g/mol. The van der Waals surface area contributed by atoms with Gasteiger partial charge in [-0.15, -0.1) is 0 Å². The smallest absolute Gasteiger partial charge is 0.226 e. The van der Waals surface area contributed by atoms with Crippen LogP contribution in [0.1, 0.15) is 43.5 Å². The van der Waals surface area contributed by atoms with Gasteiger partial charge >= 0.3 is 0 Å². The summed E-state index contributed by atoms with van der Waals surface area (Å²) in [5, 5.41) is 10.5. The fraction of sp³-hybridized carbons (Fsp3) is 0.500. The van der Waals surface area contributed by atoms with Gasteiger partial charge in [0.25, 0.3) is 0 Å². The number of benzene rings is 1. The molecule has 1 heterocycles. The van der Waals surface area contributed by atoms with Crippen molar-refractivity contribution in [1.82, 2.24) is 20.8 Å². The lowest BCUT2D eigenvalue weighted by Crippen LogP contribution is -2.38. The Morgan fingerprint density at radius 2 is 1.88 bits per heavy atom. The van der Waals surface area contributed by atoms with Gasteiger partial charge < -0.3 is 15.2 Å². The minimum absolute atomic E-state index is 0.212. The van der Waals surface area contributed by atoms with Crippen LogP contribution in [0.2, 0.25) is 0 Å². The first-order chi connectivity index (χ1) is 12.1. The number of hydrogen-bond donors (Lipinski definition) is 2. The Labute approximate surface area is 147 Å². The van der Waals surface area contributed by atoms with Gasteiger partial charge in [0.1, 0.15) is 5.82 Å². The molecule has 0 bridgehead atoms.